The van der Waals surface area contributed by atoms with E-state index in [4.69, 9.17) is 0 Å². The van der Waals surface area contributed by atoms with Crippen LogP contribution in [0.5, 0.6) is 0 Å². The fourth-order valence-electron chi connectivity index (χ4n) is 2.54. The number of nitrogens with one attached hydrogen (secondary N) is 3. The Morgan fingerprint density at radius 2 is 1.81 bits per heavy atom. The molecule has 3 aromatic rings. The van der Waals surface area contributed by atoms with Gasteiger partial charge >= 0.3 is 6.03 Å². The number of benzene rings is 1. The molecule has 0 spiro atoms. The van der Waals surface area contributed by atoms with E-state index in [9.17, 15) is 13.2 Å². The van der Waals surface area contributed by atoms with Crippen molar-refractivity contribution in [2.24, 2.45) is 0 Å². The molecule has 0 aliphatic heterocycles. The van der Waals surface area contributed by atoms with Crippen LogP contribution < -0.4 is 15.4 Å². The van der Waals surface area contributed by atoms with Crippen molar-refractivity contribution >= 4 is 27.3 Å². The molecule has 0 radical (unpaired) electrons. The van der Waals surface area contributed by atoms with Crippen molar-refractivity contribution in [2.45, 2.75) is 6.42 Å². The van der Waals surface area contributed by atoms with Crippen LogP contribution in [0.4, 0.5) is 10.5 Å². The first-order chi connectivity index (χ1) is 13.0. The minimum absolute atomic E-state index is 0.0153. The zero-order chi connectivity index (χ0) is 19.1. The average molecular weight is 387 g/mol. The van der Waals surface area contributed by atoms with Crippen LogP contribution in [0.3, 0.4) is 0 Å². The molecule has 3 N–H and O–H groups in total. The number of carbonyl (C=O) groups excluding carboxylic acids is 1. The van der Waals surface area contributed by atoms with E-state index in [0.717, 1.165) is 11.1 Å². The summed E-state index contributed by atoms with van der Waals surface area (Å²) in [6.45, 7) is 0.494. The van der Waals surface area contributed by atoms with Gasteiger partial charge in [0, 0.05) is 25.5 Å². The number of anilines is 1. The highest BCUT2D eigenvalue weighted by Crippen LogP contribution is 2.12. The van der Waals surface area contributed by atoms with Crippen LogP contribution in [0.25, 0.3) is 5.52 Å². The molecule has 0 atom stereocenters. The van der Waals surface area contributed by atoms with Gasteiger partial charge in [0.2, 0.25) is 10.0 Å². The van der Waals surface area contributed by atoms with E-state index in [0.29, 0.717) is 18.7 Å². The Hall–Kier alpha value is -3.07. The van der Waals surface area contributed by atoms with Crippen molar-refractivity contribution in [1.82, 2.24) is 20.2 Å². The van der Waals surface area contributed by atoms with E-state index < -0.39 is 10.0 Å². The van der Waals surface area contributed by atoms with Crippen molar-refractivity contribution in [3.63, 3.8) is 0 Å². The van der Waals surface area contributed by atoms with Gasteiger partial charge in [0.15, 0.2) is 0 Å². The smallest absolute Gasteiger partial charge is 0.314 e. The molecule has 1 aromatic carbocycles. The number of fused-ring (bicyclic) bond motifs is 1. The van der Waals surface area contributed by atoms with Crippen molar-refractivity contribution in [3.8, 4) is 0 Å². The van der Waals surface area contributed by atoms with E-state index in [2.05, 4.69) is 20.5 Å². The number of urea groups is 1. The number of amides is 2. The number of rotatable bonds is 8. The molecule has 0 saturated heterocycles. The number of sulfonamides is 1. The van der Waals surface area contributed by atoms with E-state index in [1.807, 2.05) is 30.3 Å². The first kappa shape index (κ1) is 18.7. The molecule has 9 heteroatoms. The summed E-state index contributed by atoms with van der Waals surface area (Å²) in [5, 5.41) is 9.32. The largest absolute Gasteiger partial charge is 0.338 e. The molecule has 0 saturated carbocycles. The summed E-state index contributed by atoms with van der Waals surface area (Å²) < 4.78 is 28.4. The topological polar surface area (TPSA) is 105 Å². The molecule has 2 aromatic heterocycles. The molecule has 0 bridgehead atoms. The molecule has 3 rings (SSSR count). The van der Waals surface area contributed by atoms with Crippen LogP contribution in [-0.2, 0) is 16.4 Å². The molecule has 0 fully saturated rings. The van der Waals surface area contributed by atoms with E-state index >= 15 is 0 Å². The first-order valence-electron chi connectivity index (χ1n) is 8.51. The third kappa shape index (κ3) is 5.71. The van der Waals surface area contributed by atoms with Gasteiger partial charge in [0.25, 0.3) is 0 Å². The van der Waals surface area contributed by atoms with Gasteiger partial charge in [-0.3, -0.25) is 4.72 Å². The van der Waals surface area contributed by atoms with Gasteiger partial charge in [0.1, 0.15) is 0 Å². The Morgan fingerprint density at radius 1 is 1.04 bits per heavy atom. The summed E-state index contributed by atoms with van der Waals surface area (Å²) in [5.41, 5.74) is 2.36. The Labute approximate surface area is 157 Å². The van der Waals surface area contributed by atoms with Crippen molar-refractivity contribution in [2.75, 3.05) is 23.6 Å². The maximum Gasteiger partial charge on any atom is 0.314 e. The molecule has 0 aliphatic rings. The third-order valence-electron chi connectivity index (χ3n) is 3.87. The third-order valence-corrected chi connectivity index (χ3v) is 5.16. The van der Waals surface area contributed by atoms with Gasteiger partial charge in [-0.1, -0.05) is 30.3 Å². The molecular formula is C18H21N5O3S. The number of hydrogen-bond donors (Lipinski definition) is 3. The summed E-state index contributed by atoms with van der Waals surface area (Å²) in [6.07, 6.45) is 4.02. The first-order valence-corrected chi connectivity index (χ1v) is 10.2. The molecule has 142 valence electrons. The number of carbonyl (C=O) groups is 1. The monoisotopic (exact) mass is 387 g/mol. The lowest BCUT2D eigenvalue weighted by Crippen LogP contribution is -2.39. The van der Waals surface area contributed by atoms with Gasteiger partial charge in [-0.05, 0) is 30.2 Å². The maximum atomic E-state index is 12.1. The van der Waals surface area contributed by atoms with Gasteiger partial charge < -0.3 is 10.6 Å². The summed E-state index contributed by atoms with van der Waals surface area (Å²) in [5.74, 6) is -0.219. The number of hydrogen-bond acceptors (Lipinski definition) is 4. The second kappa shape index (κ2) is 8.54. The molecule has 8 nitrogen and oxygen atoms in total. The van der Waals surface area contributed by atoms with Gasteiger partial charge in [0.05, 0.1) is 17.0 Å². The maximum absolute atomic E-state index is 12.1. The van der Waals surface area contributed by atoms with Crippen LogP contribution in [0.2, 0.25) is 0 Å². The fourth-order valence-corrected chi connectivity index (χ4v) is 3.50. The lowest BCUT2D eigenvalue weighted by Gasteiger charge is -2.10. The highest BCUT2D eigenvalue weighted by Gasteiger charge is 2.11. The standard InChI is InChI=1S/C18H21N5O3S/c24-18(19-9-6-15-4-2-1-3-5-15)20-11-13-27(25,26)22-16-8-12-23-17(14-16)7-10-21-23/h1-5,7-8,10,12,14,22H,6,9,11,13H2,(H2,19,20,24). The van der Waals surface area contributed by atoms with Crippen molar-refractivity contribution < 1.29 is 13.2 Å². The zero-order valence-electron chi connectivity index (χ0n) is 14.6. The number of pyridine rings is 1. The van der Waals surface area contributed by atoms with Crippen LogP contribution in [-0.4, -0.2) is 42.9 Å². The normalized spacial score (nSPS) is 11.3. The Bertz CT molecular complexity index is 1000. The van der Waals surface area contributed by atoms with Gasteiger partial charge in [-0.2, -0.15) is 5.10 Å². The minimum Gasteiger partial charge on any atom is -0.338 e. The quantitative estimate of drug-likeness (QED) is 0.546. The van der Waals surface area contributed by atoms with Crippen molar-refractivity contribution in [3.05, 3.63) is 66.5 Å². The molecular weight excluding hydrogens is 366 g/mol. The molecule has 2 amide bonds. The summed E-state index contributed by atoms with van der Waals surface area (Å²) in [7, 11) is -3.57. The second-order valence-electron chi connectivity index (χ2n) is 5.96. The molecule has 0 aliphatic carbocycles. The summed E-state index contributed by atoms with van der Waals surface area (Å²) in [4.78, 5) is 11.7. The average Bonchev–Trinajstić information content (AvgIpc) is 3.10. The fraction of sp³-hybridized carbons (Fsp3) is 0.222. The Morgan fingerprint density at radius 3 is 2.63 bits per heavy atom. The lowest BCUT2D eigenvalue weighted by atomic mass is 10.1. The predicted octanol–water partition coefficient (Wildman–Crippen LogP) is 1.62. The van der Waals surface area contributed by atoms with Crippen LogP contribution in [0.1, 0.15) is 5.56 Å². The van der Waals surface area contributed by atoms with E-state index in [1.165, 1.54) is 0 Å². The minimum atomic E-state index is -3.57. The highest BCUT2D eigenvalue weighted by atomic mass is 32.2. The number of nitrogens with zero attached hydrogens (tertiary/aromatic N) is 2. The lowest BCUT2D eigenvalue weighted by molar-refractivity contribution is 0.241. The molecule has 0 unspecified atom stereocenters. The Balaban J connectivity index is 1.39. The SMILES string of the molecule is O=C(NCCc1ccccc1)NCCS(=O)(=O)Nc1ccn2nccc2c1. The Kier molecular flexibility index (Phi) is 5.92. The second-order valence-corrected chi connectivity index (χ2v) is 7.80. The highest BCUT2D eigenvalue weighted by molar-refractivity contribution is 7.92. The van der Waals surface area contributed by atoms with Gasteiger partial charge in [-0.15, -0.1) is 0 Å². The predicted molar refractivity (Wildman–Crippen MR) is 104 cm³/mol. The number of aromatic nitrogens is 2. The van der Waals surface area contributed by atoms with Crippen LogP contribution in [0, 0.1) is 0 Å². The van der Waals surface area contributed by atoms with Gasteiger partial charge in [-0.25, -0.2) is 17.7 Å². The van der Waals surface area contributed by atoms with E-state index in [1.54, 1.807) is 35.1 Å². The summed E-state index contributed by atoms with van der Waals surface area (Å²) >= 11 is 0. The van der Waals surface area contributed by atoms with Crippen molar-refractivity contribution in [1.29, 1.82) is 0 Å². The summed E-state index contributed by atoms with van der Waals surface area (Å²) in [6, 6.07) is 14.5. The molecule has 27 heavy (non-hydrogen) atoms. The van der Waals surface area contributed by atoms with Crippen LogP contribution >= 0.6 is 0 Å². The van der Waals surface area contributed by atoms with Crippen LogP contribution in [0.15, 0.2) is 60.9 Å². The molecule has 2 heterocycles. The zero-order valence-corrected chi connectivity index (χ0v) is 15.4. The van der Waals surface area contributed by atoms with E-state index in [-0.39, 0.29) is 18.3 Å².